The first-order valence-electron chi connectivity index (χ1n) is 9.76. The van der Waals surface area contributed by atoms with Crippen molar-refractivity contribution in [2.45, 2.75) is 80.6 Å². The van der Waals surface area contributed by atoms with E-state index in [1.807, 2.05) is 0 Å². The molecule has 4 bridgehead atoms. The lowest BCUT2D eigenvalue weighted by molar-refractivity contribution is 0.485. The van der Waals surface area contributed by atoms with Crippen LogP contribution in [0.25, 0.3) is 0 Å². The van der Waals surface area contributed by atoms with Crippen LogP contribution in [0.15, 0.2) is 43.5 Å². The first-order valence-corrected chi connectivity index (χ1v) is 15.5. The Balaban J connectivity index is 2.09. The highest BCUT2D eigenvalue weighted by molar-refractivity contribution is 8.22. The smallest absolute Gasteiger partial charge is 0.0181 e. The summed E-state index contributed by atoms with van der Waals surface area (Å²) in [7, 11) is 0. The molecule has 0 aromatic rings. The first-order chi connectivity index (χ1) is 11.7. The van der Waals surface area contributed by atoms with Gasteiger partial charge in [0.1, 0.15) is 0 Å². The highest BCUT2D eigenvalue weighted by Gasteiger charge is 2.65. The quantitative estimate of drug-likeness (QED) is 0.394. The zero-order chi connectivity index (χ0) is 19.8. The Morgan fingerprint density at radius 1 is 0.615 bits per heavy atom. The van der Waals surface area contributed by atoms with Crippen molar-refractivity contribution in [3.8, 4) is 0 Å². The van der Waals surface area contributed by atoms with Crippen molar-refractivity contribution in [1.82, 2.24) is 0 Å². The van der Waals surface area contributed by atoms with Gasteiger partial charge in [-0.25, -0.2) is 0 Å². The highest BCUT2D eigenvalue weighted by atomic mass is 32.4. The molecule has 0 spiro atoms. The Morgan fingerprint density at radius 2 is 0.885 bits per heavy atom. The summed E-state index contributed by atoms with van der Waals surface area (Å²) < 4.78 is 0. The van der Waals surface area contributed by atoms with Crippen LogP contribution in [0, 0.1) is 10.8 Å². The monoisotopic (exact) mass is 422 g/mol. The molecule has 0 aromatic carbocycles. The Labute approximate surface area is 170 Å². The van der Waals surface area contributed by atoms with E-state index in [1.54, 1.807) is 32.9 Å². The molecule has 0 saturated carbocycles. The summed E-state index contributed by atoms with van der Waals surface area (Å²) >= 11 is 13.2. The molecule has 4 heterocycles. The van der Waals surface area contributed by atoms with Crippen molar-refractivity contribution in [2.24, 2.45) is 10.8 Å². The van der Waals surface area contributed by atoms with Crippen LogP contribution in [0.5, 0.6) is 0 Å². The van der Waals surface area contributed by atoms with Gasteiger partial charge in [0.25, 0.3) is 0 Å². The Kier molecular flexibility index (Phi) is 3.80. The maximum absolute atomic E-state index is 6.62. The van der Waals surface area contributed by atoms with Crippen molar-refractivity contribution in [3.05, 3.63) is 43.5 Å². The van der Waals surface area contributed by atoms with Gasteiger partial charge in [-0.1, -0.05) is 73.6 Å². The first kappa shape index (κ1) is 19.6. The van der Waals surface area contributed by atoms with Crippen molar-refractivity contribution < 1.29 is 0 Å². The van der Waals surface area contributed by atoms with Gasteiger partial charge in [0, 0.05) is 34.2 Å². The summed E-state index contributed by atoms with van der Waals surface area (Å²) in [5, 5.41) is 6.22. The summed E-state index contributed by atoms with van der Waals surface area (Å²) in [6.07, 6.45) is 0. The zero-order valence-electron chi connectivity index (χ0n) is 17.9. The van der Waals surface area contributed by atoms with Gasteiger partial charge in [-0.2, -0.15) is 0 Å². The molecule has 4 rings (SSSR count). The third-order valence-electron chi connectivity index (χ3n) is 9.56. The minimum Gasteiger partial charge on any atom is -0.0876 e. The fraction of sp³-hybridized carbons (Fsp3) is 0.636. The van der Waals surface area contributed by atoms with Crippen LogP contribution in [0.4, 0.5) is 0 Å². The van der Waals surface area contributed by atoms with Crippen LogP contribution in [0.1, 0.15) is 69.2 Å². The van der Waals surface area contributed by atoms with E-state index in [2.05, 4.69) is 69.2 Å². The molecule has 0 amide bonds. The van der Waals surface area contributed by atoms with Crippen molar-refractivity contribution in [2.75, 3.05) is 0 Å². The minimum atomic E-state index is -1.74. The van der Waals surface area contributed by atoms with Gasteiger partial charge in [-0.3, -0.25) is 0 Å². The predicted octanol–water partition coefficient (Wildman–Crippen LogP) is 7.93. The molecule has 0 N–H and O–H groups in total. The van der Waals surface area contributed by atoms with E-state index < -0.39 is 12.1 Å². The molecule has 0 fully saturated rings. The molecule has 4 aliphatic rings. The van der Waals surface area contributed by atoms with Crippen molar-refractivity contribution in [3.63, 3.8) is 0 Å². The van der Waals surface area contributed by atoms with Crippen LogP contribution in [-0.4, -0.2) is 11.3 Å². The van der Waals surface area contributed by atoms with Gasteiger partial charge in [0.15, 0.2) is 0 Å². The van der Waals surface area contributed by atoms with Gasteiger partial charge < -0.3 is 0 Å². The summed E-state index contributed by atoms with van der Waals surface area (Å²) in [6, 6.07) is -3.47. The molecule has 4 aliphatic heterocycles. The molecule has 0 aromatic heterocycles. The standard InChI is InChI=1S/C22H32P2S2/c1-11-15(5)23(25)17(7)21(11,9)13(3)19(23)20-14(4)22(10)12(2)16(6)24(20,26)18(22)8/h17-18H,1-10H3/t17?,18?,21-,22+,23?,24?. The lowest BCUT2D eigenvalue weighted by atomic mass is 9.72. The summed E-state index contributed by atoms with van der Waals surface area (Å²) in [4.78, 5) is 0. The van der Waals surface area contributed by atoms with Crippen LogP contribution >= 0.6 is 12.1 Å². The van der Waals surface area contributed by atoms with Crippen LogP contribution < -0.4 is 0 Å². The normalized spacial score (nSPS) is 50.2. The van der Waals surface area contributed by atoms with Crippen molar-refractivity contribution in [1.29, 1.82) is 0 Å². The molecule has 26 heavy (non-hydrogen) atoms. The van der Waals surface area contributed by atoms with Gasteiger partial charge in [0.05, 0.1) is 0 Å². The number of fused-ring (bicyclic) bond motifs is 4. The SMILES string of the molecule is CC1=C(C)P2(=S)C(C3=C(C)[C@@]4(C)C(C)=C(C)P3(=S)C4C)=C(C)[C@@]1(C)C2C. The predicted molar refractivity (Wildman–Crippen MR) is 126 cm³/mol. The van der Waals surface area contributed by atoms with E-state index >= 15 is 0 Å². The van der Waals surface area contributed by atoms with E-state index in [1.165, 1.54) is 10.6 Å². The number of hydrogen-bond acceptors (Lipinski definition) is 2. The second kappa shape index (κ2) is 5.05. The molecule has 4 unspecified atom stereocenters. The fourth-order valence-electron chi connectivity index (χ4n) is 6.76. The van der Waals surface area contributed by atoms with Crippen molar-refractivity contribution >= 4 is 35.7 Å². The Hall–Kier alpha value is 0.260. The number of rotatable bonds is 1. The highest BCUT2D eigenvalue weighted by Crippen LogP contribution is 2.92. The molecule has 0 radical (unpaired) electrons. The average Bonchev–Trinajstić information content (AvgIpc) is 2.97. The second-order valence-corrected chi connectivity index (χ2v) is 19.3. The average molecular weight is 423 g/mol. The minimum absolute atomic E-state index is 0.149. The lowest BCUT2D eigenvalue weighted by Gasteiger charge is -2.34. The molecule has 4 heteroatoms. The fourth-order valence-corrected chi connectivity index (χ4v) is 20.3. The van der Waals surface area contributed by atoms with E-state index in [9.17, 15) is 0 Å². The van der Waals surface area contributed by atoms with E-state index in [0.717, 1.165) is 0 Å². The zero-order valence-corrected chi connectivity index (χ0v) is 21.3. The molecule has 6 atom stereocenters. The second-order valence-electron chi connectivity index (χ2n) is 9.44. The molecule has 0 aliphatic carbocycles. The topological polar surface area (TPSA) is 0 Å². The Morgan fingerprint density at radius 3 is 1.12 bits per heavy atom. The van der Waals surface area contributed by atoms with Gasteiger partial charge in [0.2, 0.25) is 0 Å². The maximum atomic E-state index is 6.62. The molecular formula is C22H32P2S2. The molecule has 0 saturated heterocycles. The van der Waals surface area contributed by atoms with E-state index in [4.69, 9.17) is 23.6 Å². The number of allylic oxidation sites excluding steroid dienone is 8. The molecule has 142 valence electrons. The van der Waals surface area contributed by atoms with E-state index in [-0.39, 0.29) is 10.8 Å². The summed E-state index contributed by atoms with van der Waals surface area (Å²) in [5.74, 6) is 0. The van der Waals surface area contributed by atoms with Gasteiger partial charge in [-0.15, -0.1) is 0 Å². The molecule has 0 nitrogen and oxygen atoms in total. The molecular weight excluding hydrogens is 390 g/mol. The van der Waals surface area contributed by atoms with Gasteiger partial charge in [-0.05, 0) is 62.8 Å². The van der Waals surface area contributed by atoms with E-state index in [0.29, 0.717) is 11.3 Å². The van der Waals surface area contributed by atoms with Gasteiger partial charge >= 0.3 is 0 Å². The van der Waals surface area contributed by atoms with Crippen LogP contribution in [-0.2, 0) is 23.6 Å². The maximum Gasteiger partial charge on any atom is 0.0181 e. The Bertz CT molecular complexity index is 937. The number of hydrogen-bond donors (Lipinski definition) is 0. The summed E-state index contributed by atoms with van der Waals surface area (Å²) in [6.45, 7) is 23.8. The third kappa shape index (κ3) is 1.54. The van der Waals surface area contributed by atoms with Crippen LogP contribution in [0.2, 0.25) is 0 Å². The third-order valence-corrected chi connectivity index (χ3v) is 22.7. The van der Waals surface area contributed by atoms with Crippen LogP contribution in [0.3, 0.4) is 0 Å². The summed E-state index contributed by atoms with van der Waals surface area (Å²) in [5.41, 5.74) is 7.62. The lowest BCUT2D eigenvalue weighted by Crippen LogP contribution is -2.24. The largest absolute Gasteiger partial charge is 0.0876 e.